The predicted molar refractivity (Wildman–Crippen MR) is 70.7 cm³/mol. The quantitative estimate of drug-likeness (QED) is 0.689. The lowest BCUT2D eigenvalue weighted by atomic mass is 9.94. The third-order valence-electron chi connectivity index (χ3n) is 2.94. The summed E-state index contributed by atoms with van der Waals surface area (Å²) in [6, 6.07) is 0. The van der Waals surface area contributed by atoms with Crippen molar-refractivity contribution in [1.82, 2.24) is 0 Å². The Morgan fingerprint density at radius 3 is 2.53 bits per heavy atom. The highest BCUT2D eigenvalue weighted by atomic mass is 16.5. The van der Waals surface area contributed by atoms with E-state index < -0.39 is 0 Å². The number of allylic oxidation sites excluding steroid dienone is 5. The molecule has 1 rings (SSSR count). The van der Waals surface area contributed by atoms with E-state index in [1.54, 1.807) is 6.92 Å². The smallest absolute Gasteiger partial charge is 0.163 e. The van der Waals surface area contributed by atoms with Crippen molar-refractivity contribution < 1.29 is 9.53 Å². The number of hydrogen-bond acceptors (Lipinski definition) is 2. The van der Waals surface area contributed by atoms with Gasteiger partial charge in [0.05, 0.1) is 5.57 Å². The number of carbonyl (C=O) groups excluding carboxylic acids is 1. The van der Waals surface area contributed by atoms with Crippen molar-refractivity contribution in [2.75, 3.05) is 0 Å². The Bertz CT molecular complexity index is 395. The Morgan fingerprint density at radius 2 is 2.06 bits per heavy atom. The molecule has 0 N–H and O–H groups in total. The van der Waals surface area contributed by atoms with Gasteiger partial charge in [-0.25, -0.2) is 0 Å². The van der Waals surface area contributed by atoms with Gasteiger partial charge in [0.2, 0.25) is 0 Å². The zero-order valence-corrected chi connectivity index (χ0v) is 11.5. The zero-order valence-electron chi connectivity index (χ0n) is 11.5. The molecule has 0 radical (unpaired) electrons. The van der Waals surface area contributed by atoms with E-state index in [0.29, 0.717) is 5.57 Å². The Kier molecular flexibility index (Phi) is 4.33. The summed E-state index contributed by atoms with van der Waals surface area (Å²) >= 11 is 0. The fourth-order valence-corrected chi connectivity index (χ4v) is 1.96. The molecular weight excluding hydrogens is 212 g/mol. The highest BCUT2D eigenvalue weighted by Crippen LogP contribution is 2.29. The molecule has 0 saturated carbocycles. The summed E-state index contributed by atoms with van der Waals surface area (Å²) in [7, 11) is 0. The average molecular weight is 234 g/mol. The molecule has 0 aromatic heterocycles. The van der Waals surface area contributed by atoms with Crippen LogP contribution in [-0.2, 0) is 9.53 Å². The van der Waals surface area contributed by atoms with Crippen LogP contribution >= 0.6 is 0 Å². The molecule has 0 bridgehead atoms. The first-order chi connectivity index (χ1) is 7.84. The fourth-order valence-electron chi connectivity index (χ4n) is 1.96. The van der Waals surface area contributed by atoms with Gasteiger partial charge in [-0.1, -0.05) is 11.6 Å². The summed E-state index contributed by atoms with van der Waals surface area (Å²) in [4.78, 5) is 11.3. The van der Waals surface area contributed by atoms with Crippen LogP contribution in [0.2, 0.25) is 0 Å². The molecule has 0 amide bonds. The van der Waals surface area contributed by atoms with Crippen molar-refractivity contribution in [1.29, 1.82) is 0 Å². The van der Waals surface area contributed by atoms with Gasteiger partial charge in [0.15, 0.2) is 5.78 Å². The van der Waals surface area contributed by atoms with Gasteiger partial charge in [-0.05, 0) is 59.6 Å². The first kappa shape index (κ1) is 13.8. The molecule has 1 aliphatic heterocycles. The van der Waals surface area contributed by atoms with Crippen LogP contribution in [0.4, 0.5) is 0 Å². The average Bonchev–Trinajstić information content (AvgIpc) is 2.15. The van der Waals surface area contributed by atoms with E-state index >= 15 is 0 Å². The highest BCUT2D eigenvalue weighted by molar-refractivity contribution is 5.96. The van der Waals surface area contributed by atoms with Crippen LogP contribution in [-0.4, -0.2) is 11.4 Å². The fraction of sp³-hybridized carbons (Fsp3) is 0.533. The van der Waals surface area contributed by atoms with E-state index in [9.17, 15) is 4.79 Å². The van der Waals surface area contributed by atoms with Gasteiger partial charge in [0.1, 0.15) is 11.4 Å². The molecule has 0 fully saturated rings. The van der Waals surface area contributed by atoms with Gasteiger partial charge in [-0.15, -0.1) is 0 Å². The van der Waals surface area contributed by atoms with Crippen LogP contribution < -0.4 is 0 Å². The van der Waals surface area contributed by atoms with Gasteiger partial charge < -0.3 is 4.74 Å². The summed E-state index contributed by atoms with van der Waals surface area (Å²) in [5, 5.41) is 0. The highest BCUT2D eigenvalue weighted by Gasteiger charge is 2.27. The molecule has 0 aromatic rings. The Morgan fingerprint density at radius 1 is 1.41 bits per heavy atom. The van der Waals surface area contributed by atoms with Crippen LogP contribution in [0.15, 0.2) is 35.1 Å². The number of Topliss-reactive ketones (excluding diaryl/α,β-unsaturated/α-hetero) is 1. The molecule has 0 saturated heterocycles. The second-order valence-corrected chi connectivity index (χ2v) is 5.09. The maximum atomic E-state index is 11.3. The van der Waals surface area contributed by atoms with Crippen molar-refractivity contribution in [2.24, 2.45) is 0 Å². The number of hydrogen-bond donors (Lipinski definition) is 0. The van der Waals surface area contributed by atoms with Gasteiger partial charge >= 0.3 is 0 Å². The maximum absolute atomic E-state index is 11.3. The molecular formula is C15H22O2. The summed E-state index contributed by atoms with van der Waals surface area (Å²) in [5.74, 6) is 0.796. The van der Waals surface area contributed by atoms with Crippen molar-refractivity contribution in [3.05, 3.63) is 35.1 Å². The van der Waals surface area contributed by atoms with Crippen molar-refractivity contribution in [2.45, 2.75) is 53.1 Å². The normalized spacial score (nSPS) is 23.4. The summed E-state index contributed by atoms with van der Waals surface area (Å²) in [6.07, 6.45) is 8.02. The Balaban J connectivity index is 2.69. The SMILES string of the molecule is CC(=O)C1=C(C)OC(C)(CCC=C(C)C)C=C1. The standard InChI is InChI=1S/C15H22O2/c1-11(2)7-6-9-15(5)10-8-14(12(3)16)13(4)17-15/h7-8,10H,6,9H2,1-5H3. The lowest BCUT2D eigenvalue weighted by Gasteiger charge is -2.31. The Labute approximate surface area is 104 Å². The topological polar surface area (TPSA) is 26.3 Å². The molecule has 0 aliphatic carbocycles. The van der Waals surface area contributed by atoms with Crippen molar-refractivity contribution in [3.63, 3.8) is 0 Å². The first-order valence-electron chi connectivity index (χ1n) is 6.07. The van der Waals surface area contributed by atoms with E-state index in [4.69, 9.17) is 4.74 Å². The van der Waals surface area contributed by atoms with Gasteiger partial charge in [0.25, 0.3) is 0 Å². The second kappa shape index (κ2) is 5.35. The Hall–Kier alpha value is -1.31. The van der Waals surface area contributed by atoms with E-state index in [-0.39, 0.29) is 11.4 Å². The third kappa shape index (κ3) is 3.88. The zero-order chi connectivity index (χ0) is 13.1. The lowest BCUT2D eigenvalue weighted by Crippen LogP contribution is -2.28. The molecule has 1 atom stereocenters. The molecule has 17 heavy (non-hydrogen) atoms. The molecule has 0 aromatic carbocycles. The largest absolute Gasteiger partial charge is 0.487 e. The van der Waals surface area contributed by atoms with E-state index in [1.165, 1.54) is 5.57 Å². The van der Waals surface area contributed by atoms with Crippen molar-refractivity contribution in [3.8, 4) is 0 Å². The van der Waals surface area contributed by atoms with Crippen LogP contribution in [0, 0.1) is 0 Å². The van der Waals surface area contributed by atoms with Crippen LogP contribution in [0.1, 0.15) is 47.5 Å². The van der Waals surface area contributed by atoms with Gasteiger partial charge in [0, 0.05) is 0 Å². The number of carbonyl (C=O) groups is 1. The molecule has 0 spiro atoms. The first-order valence-corrected chi connectivity index (χ1v) is 6.07. The molecule has 2 heteroatoms. The number of ketones is 1. The van der Waals surface area contributed by atoms with E-state index in [0.717, 1.165) is 18.6 Å². The van der Waals surface area contributed by atoms with Gasteiger partial charge in [-0.3, -0.25) is 4.79 Å². The monoisotopic (exact) mass is 234 g/mol. The van der Waals surface area contributed by atoms with Crippen molar-refractivity contribution >= 4 is 5.78 Å². The van der Waals surface area contributed by atoms with Gasteiger partial charge in [-0.2, -0.15) is 0 Å². The van der Waals surface area contributed by atoms with E-state index in [1.807, 2.05) is 19.1 Å². The molecule has 1 aliphatic rings. The molecule has 94 valence electrons. The maximum Gasteiger partial charge on any atom is 0.163 e. The minimum atomic E-state index is -0.283. The summed E-state index contributed by atoms with van der Waals surface area (Å²) in [6.45, 7) is 9.68. The van der Waals surface area contributed by atoms with Crippen LogP contribution in [0.3, 0.4) is 0 Å². The summed E-state index contributed by atoms with van der Waals surface area (Å²) < 4.78 is 5.87. The molecule has 1 heterocycles. The lowest BCUT2D eigenvalue weighted by molar-refractivity contribution is -0.113. The number of ether oxygens (including phenoxy) is 1. The minimum Gasteiger partial charge on any atom is -0.487 e. The second-order valence-electron chi connectivity index (χ2n) is 5.09. The molecule has 1 unspecified atom stereocenters. The molecule has 2 nitrogen and oxygen atoms in total. The summed E-state index contributed by atoms with van der Waals surface area (Å²) in [5.41, 5.74) is 1.73. The predicted octanol–water partition coefficient (Wildman–Crippen LogP) is 3.94. The van der Waals surface area contributed by atoms with E-state index in [2.05, 4.69) is 26.8 Å². The third-order valence-corrected chi connectivity index (χ3v) is 2.94. The number of rotatable bonds is 4. The van der Waals surface area contributed by atoms with Crippen LogP contribution in [0.5, 0.6) is 0 Å². The minimum absolute atomic E-state index is 0.0603. The van der Waals surface area contributed by atoms with Crippen LogP contribution in [0.25, 0.3) is 0 Å².